The van der Waals surface area contributed by atoms with Crippen LogP contribution >= 0.6 is 11.6 Å². The Morgan fingerprint density at radius 1 is 1.04 bits per heavy atom. The molecule has 0 atom stereocenters. The number of fused-ring (bicyclic) bond motifs is 1. The zero-order chi connectivity index (χ0) is 18.7. The van der Waals surface area contributed by atoms with Crippen molar-refractivity contribution in [1.29, 1.82) is 0 Å². The summed E-state index contributed by atoms with van der Waals surface area (Å²) in [5.41, 5.74) is 3.99. The maximum Gasteiger partial charge on any atom is 0.220 e. The fraction of sp³-hybridized carbons (Fsp3) is 0.238. The largest absolute Gasteiger partial charge is 0.352 e. The number of rotatable bonds is 6. The summed E-state index contributed by atoms with van der Waals surface area (Å²) in [7, 11) is 2.04. The molecule has 4 nitrogen and oxygen atoms in total. The number of nitrogens with one attached hydrogen (secondary N) is 1. The number of nitrogens with zero attached hydrogens (tertiary/aromatic N) is 1. The minimum atomic E-state index is -0.128. The first-order valence-corrected chi connectivity index (χ1v) is 8.92. The monoisotopic (exact) mass is 368 g/mol. The second-order valence-corrected chi connectivity index (χ2v) is 6.88. The van der Waals surface area contributed by atoms with Crippen molar-refractivity contribution in [3.63, 3.8) is 0 Å². The molecule has 2 aromatic carbocycles. The second kappa shape index (κ2) is 7.75. The van der Waals surface area contributed by atoms with Crippen LogP contribution in [0, 0.1) is 6.92 Å². The maximum atomic E-state index is 12.1. The average Bonchev–Trinajstić information content (AvgIpc) is 2.92. The van der Waals surface area contributed by atoms with Crippen molar-refractivity contribution in [3.8, 4) is 0 Å². The lowest BCUT2D eigenvalue weighted by Gasteiger charge is -2.06. The Hall–Kier alpha value is -2.59. The third-order valence-electron chi connectivity index (χ3n) is 4.58. The molecule has 1 N–H and O–H groups in total. The molecule has 0 fully saturated rings. The first-order valence-electron chi connectivity index (χ1n) is 8.54. The number of carbonyl (C=O) groups is 2. The minimum Gasteiger partial charge on any atom is -0.352 e. The summed E-state index contributed by atoms with van der Waals surface area (Å²) >= 11 is 5.81. The van der Waals surface area contributed by atoms with Crippen LogP contribution in [0.2, 0.25) is 5.02 Å². The average molecular weight is 369 g/mol. The molecule has 1 amide bonds. The normalized spacial score (nSPS) is 10.9. The maximum absolute atomic E-state index is 12.1. The Morgan fingerprint density at radius 2 is 1.77 bits per heavy atom. The molecular formula is C21H21ClN2O2. The van der Waals surface area contributed by atoms with Gasteiger partial charge in [0.05, 0.1) is 0 Å². The van der Waals surface area contributed by atoms with E-state index in [4.69, 9.17) is 11.6 Å². The van der Waals surface area contributed by atoms with Crippen molar-refractivity contribution in [1.82, 2.24) is 9.88 Å². The molecule has 0 saturated carbocycles. The van der Waals surface area contributed by atoms with Gasteiger partial charge >= 0.3 is 0 Å². The first kappa shape index (κ1) is 18.2. The molecule has 3 rings (SSSR count). The topological polar surface area (TPSA) is 51.1 Å². The van der Waals surface area contributed by atoms with Gasteiger partial charge in [-0.2, -0.15) is 0 Å². The van der Waals surface area contributed by atoms with Gasteiger partial charge in [0.1, 0.15) is 0 Å². The van der Waals surface area contributed by atoms with Crippen molar-refractivity contribution in [3.05, 3.63) is 70.4 Å². The molecule has 0 aliphatic rings. The summed E-state index contributed by atoms with van der Waals surface area (Å²) < 4.78 is 2.14. The SMILES string of the molecule is Cc1cc2cc(CNC(=O)CCC(=O)c3ccc(Cl)cc3)ccc2n1C. The predicted octanol–water partition coefficient (Wildman–Crippen LogP) is 4.42. The van der Waals surface area contributed by atoms with Crippen molar-refractivity contribution in [2.24, 2.45) is 7.05 Å². The second-order valence-electron chi connectivity index (χ2n) is 6.44. The van der Waals surface area contributed by atoms with Crippen molar-refractivity contribution >= 4 is 34.2 Å². The van der Waals surface area contributed by atoms with E-state index in [1.807, 2.05) is 13.1 Å². The summed E-state index contributed by atoms with van der Waals surface area (Å²) in [5, 5.41) is 4.63. The van der Waals surface area contributed by atoms with Gasteiger partial charge < -0.3 is 9.88 Å². The molecule has 0 bridgehead atoms. The summed E-state index contributed by atoms with van der Waals surface area (Å²) in [6.45, 7) is 2.52. The molecule has 5 heteroatoms. The van der Waals surface area contributed by atoms with E-state index in [0.717, 1.165) is 10.9 Å². The fourth-order valence-corrected chi connectivity index (χ4v) is 3.07. The Labute approximate surface area is 157 Å². The van der Waals surface area contributed by atoms with Gasteiger partial charge in [0.2, 0.25) is 5.91 Å². The standard InChI is InChI=1S/C21H21ClN2O2/c1-14-11-17-12-15(3-8-19(17)24(14)2)13-23-21(26)10-9-20(25)16-4-6-18(22)7-5-16/h3-8,11-12H,9-10,13H2,1-2H3,(H,23,26). The molecule has 0 aliphatic carbocycles. The van der Waals surface area contributed by atoms with Crippen LogP contribution in [-0.2, 0) is 18.4 Å². The van der Waals surface area contributed by atoms with E-state index >= 15 is 0 Å². The van der Waals surface area contributed by atoms with Crippen LogP contribution in [0.15, 0.2) is 48.5 Å². The lowest BCUT2D eigenvalue weighted by molar-refractivity contribution is -0.121. The molecule has 1 heterocycles. The summed E-state index contributed by atoms with van der Waals surface area (Å²) in [4.78, 5) is 24.1. The van der Waals surface area contributed by atoms with E-state index in [9.17, 15) is 9.59 Å². The predicted molar refractivity (Wildman–Crippen MR) is 105 cm³/mol. The smallest absolute Gasteiger partial charge is 0.220 e. The van der Waals surface area contributed by atoms with Gasteiger partial charge in [0.15, 0.2) is 5.78 Å². The number of benzene rings is 2. The number of aromatic nitrogens is 1. The number of ketones is 1. The van der Waals surface area contributed by atoms with E-state index in [1.165, 1.54) is 11.2 Å². The molecule has 134 valence electrons. The van der Waals surface area contributed by atoms with Crippen LogP contribution < -0.4 is 5.32 Å². The Bertz CT molecular complexity index is 958. The Balaban J connectivity index is 1.52. The number of amides is 1. The first-order chi connectivity index (χ1) is 12.4. The van der Waals surface area contributed by atoms with Crippen LogP contribution in [0.1, 0.15) is 34.5 Å². The van der Waals surface area contributed by atoms with E-state index in [-0.39, 0.29) is 24.5 Å². The molecule has 0 unspecified atom stereocenters. The minimum absolute atomic E-state index is 0.0574. The molecule has 0 radical (unpaired) electrons. The van der Waals surface area contributed by atoms with E-state index in [2.05, 4.69) is 35.0 Å². The van der Waals surface area contributed by atoms with Gasteiger partial charge in [-0.3, -0.25) is 9.59 Å². The molecule has 0 saturated heterocycles. The quantitative estimate of drug-likeness (QED) is 0.655. The van der Waals surface area contributed by atoms with E-state index in [1.54, 1.807) is 24.3 Å². The van der Waals surface area contributed by atoms with Crippen LogP contribution in [-0.4, -0.2) is 16.3 Å². The highest BCUT2D eigenvalue weighted by Gasteiger charge is 2.10. The van der Waals surface area contributed by atoms with E-state index in [0.29, 0.717) is 17.1 Å². The molecular weight excluding hydrogens is 348 g/mol. The number of aryl methyl sites for hydroxylation is 2. The van der Waals surface area contributed by atoms with Crippen molar-refractivity contribution in [2.45, 2.75) is 26.3 Å². The summed E-state index contributed by atoms with van der Waals surface area (Å²) in [5.74, 6) is -0.186. The van der Waals surface area contributed by atoms with E-state index < -0.39 is 0 Å². The highest BCUT2D eigenvalue weighted by molar-refractivity contribution is 6.30. The number of hydrogen-bond acceptors (Lipinski definition) is 2. The zero-order valence-corrected chi connectivity index (χ0v) is 15.6. The zero-order valence-electron chi connectivity index (χ0n) is 14.9. The van der Waals surface area contributed by atoms with Crippen LogP contribution in [0.3, 0.4) is 0 Å². The Kier molecular flexibility index (Phi) is 5.43. The van der Waals surface area contributed by atoms with Crippen molar-refractivity contribution < 1.29 is 9.59 Å². The molecule has 26 heavy (non-hydrogen) atoms. The van der Waals surface area contributed by atoms with Crippen LogP contribution in [0.4, 0.5) is 0 Å². The number of Topliss-reactive ketones (excluding diaryl/α,β-unsaturated/α-hetero) is 1. The molecule has 0 aliphatic heterocycles. The number of halogens is 1. The molecule has 3 aromatic rings. The summed E-state index contributed by atoms with van der Waals surface area (Å²) in [6, 6.07) is 15.0. The van der Waals surface area contributed by atoms with Crippen LogP contribution in [0.5, 0.6) is 0 Å². The third kappa shape index (κ3) is 4.14. The van der Waals surface area contributed by atoms with Gasteiger partial charge in [-0.15, -0.1) is 0 Å². The van der Waals surface area contributed by atoms with Gasteiger partial charge in [-0.05, 0) is 55.0 Å². The fourth-order valence-electron chi connectivity index (χ4n) is 2.94. The molecule has 1 aromatic heterocycles. The summed E-state index contributed by atoms with van der Waals surface area (Å²) in [6.07, 6.45) is 0.360. The van der Waals surface area contributed by atoms with Gasteiger partial charge in [-0.25, -0.2) is 0 Å². The number of carbonyl (C=O) groups excluding carboxylic acids is 2. The third-order valence-corrected chi connectivity index (χ3v) is 4.83. The lowest BCUT2D eigenvalue weighted by atomic mass is 10.1. The highest BCUT2D eigenvalue weighted by atomic mass is 35.5. The highest BCUT2D eigenvalue weighted by Crippen LogP contribution is 2.19. The number of hydrogen-bond donors (Lipinski definition) is 1. The Morgan fingerprint density at radius 3 is 2.50 bits per heavy atom. The molecule has 0 spiro atoms. The van der Waals surface area contributed by atoms with Gasteiger partial charge in [0.25, 0.3) is 0 Å². The van der Waals surface area contributed by atoms with Gasteiger partial charge in [0, 0.05) is 53.6 Å². The van der Waals surface area contributed by atoms with Crippen LogP contribution in [0.25, 0.3) is 10.9 Å². The lowest BCUT2D eigenvalue weighted by Crippen LogP contribution is -2.23. The van der Waals surface area contributed by atoms with Crippen molar-refractivity contribution in [2.75, 3.05) is 0 Å². The van der Waals surface area contributed by atoms with Gasteiger partial charge in [-0.1, -0.05) is 17.7 Å².